The lowest BCUT2D eigenvalue weighted by molar-refractivity contribution is -0.140. The molecule has 2 aliphatic heterocycles. The van der Waals surface area contributed by atoms with Crippen LogP contribution in [-0.2, 0) is 32.3 Å². The number of aliphatic hydroxyl groups is 2. The number of rotatable bonds is 15. The molecule has 3 aliphatic rings. The third kappa shape index (κ3) is 9.73. The van der Waals surface area contributed by atoms with E-state index in [1.165, 1.54) is 24.3 Å². The molecule has 4 heterocycles. The molecule has 0 radical (unpaired) electrons. The van der Waals surface area contributed by atoms with Crippen LogP contribution < -0.4 is 21.3 Å². The second-order valence-corrected chi connectivity index (χ2v) is 18.1. The number of carbonyl (C=O) groups excluding carboxylic acids is 4. The van der Waals surface area contributed by atoms with Crippen LogP contribution in [0.25, 0.3) is 33.7 Å². The van der Waals surface area contributed by atoms with Gasteiger partial charge in [-0.1, -0.05) is 33.1 Å². The summed E-state index contributed by atoms with van der Waals surface area (Å²) in [4.78, 5) is 68.3. The van der Waals surface area contributed by atoms with E-state index in [9.17, 15) is 38.2 Å². The standard InChI is InChI=1S/C45H62F2N10O6/c1-24(2)38(52-42(60)25(3)48-5)44(62)54-22-32(58)18-30(54)20-56-36-14-12-28(46)16-34(36)50-40(56)41-51-35-17-29(47)13-15-37(35)57(41)21-31-19-33(59)23-55(31)45(63)39(27-10-8-7-9-11-27)53-43(61)26(4)49-6/h12-17,24-27,30-33,38-39,48-49,58-59H,7-11,18-23H2,1-6H3,(H,52,60)(H,53,61)/t25-,26-,30+,31+,32?,33?,38-,39-/m1/s1. The lowest BCUT2D eigenvalue weighted by Gasteiger charge is -2.35. The molecule has 3 fully saturated rings. The number of hydrogen-bond donors (Lipinski definition) is 6. The van der Waals surface area contributed by atoms with Crippen LogP contribution in [0.15, 0.2) is 36.4 Å². The zero-order valence-corrected chi connectivity index (χ0v) is 37.0. The SMILES string of the molecule is CN[C@H](C)C(=O)N[C@@H](C(=O)N1CC(O)C[C@H]1Cn1c(-c2nc3cc(F)ccc3n2C[C@@H]2CC(O)CN2C(=O)[C@H](NC(=O)[C@@H](C)NC)C2CCCCC2)nc2cc(F)ccc21)C(C)C. The van der Waals surface area contributed by atoms with Crippen molar-refractivity contribution in [2.75, 3.05) is 27.2 Å². The molecule has 4 aromatic rings. The Bertz CT molecular complexity index is 2310. The minimum absolute atomic E-state index is 0.0304. The van der Waals surface area contributed by atoms with Crippen molar-refractivity contribution in [2.24, 2.45) is 11.8 Å². The van der Waals surface area contributed by atoms with Gasteiger partial charge in [0.25, 0.3) is 0 Å². The number of nitrogens with one attached hydrogen (secondary N) is 4. The van der Waals surface area contributed by atoms with E-state index >= 15 is 0 Å². The van der Waals surface area contributed by atoms with E-state index in [1.807, 2.05) is 23.0 Å². The van der Waals surface area contributed by atoms with Gasteiger partial charge in [0.2, 0.25) is 23.6 Å². The van der Waals surface area contributed by atoms with Gasteiger partial charge in [-0.3, -0.25) is 19.2 Å². The maximum absolute atomic E-state index is 14.9. The van der Waals surface area contributed by atoms with Gasteiger partial charge in [-0.05, 0) is 89.7 Å². The van der Waals surface area contributed by atoms with E-state index in [0.29, 0.717) is 22.1 Å². The fourth-order valence-corrected chi connectivity index (χ4v) is 9.55. The molecule has 342 valence electrons. The maximum atomic E-state index is 14.9. The van der Waals surface area contributed by atoms with Gasteiger partial charge < -0.3 is 50.4 Å². The van der Waals surface area contributed by atoms with Gasteiger partial charge in [0.05, 0.1) is 58.4 Å². The van der Waals surface area contributed by atoms with Crippen molar-refractivity contribution in [3.63, 3.8) is 0 Å². The molecule has 2 unspecified atom stereocenters. The van der Waals surface area contributed by atoms with E-state index in [4.69, 9.17) is 9.97 Å². The summed E-state index contributed by atoms with van der Waals surface area (Å²) in [5.41, 5.74) is 1.66. The van der Waals surface area contributed by atoms with Crippen molar-refractivity contribution in [1.29, 1.82) is 0 Å². The van der Waals surface area contributed by atoms with Crippen molar-refractivity contribution >= 4 is 45.7 Å². The number of imidazole rings is 2. The minimum Gasteiger partial charge on any atom is -0.391 e. The Morgan fingerprint density at radius 1 is 0.698 bits per heavy atom. The van der Waals surface area contributed by atoms with Gasteiger partial charge in [0.1, 0.15) is 23.7 Å². The lowest BCUT2D eigenvalue weighted by atomic mass is 9.83. The number of carbonyl (C=O) groups is 4. The summed E-state index contributed by atoms with van der Waals surface area (Å²) in [6.45, 7) is 7.41. The average Bonchev–Trinajstić information content (AvgIpc) is 4.02. The van der Waals surface area contributed by atoms with E-state index in [1.54, 1.807) is 49.9 Å². The fraction of sp³-hybridized carbons (Fsp3) is 0.600. The molecular formula is C45H62F2N10O6. The number of benzene rings is 2. The molecule has 0 spiro atoms. The lowest BCUT2D eigenvalue weighted by Crippen LogP contribution is -2.57. The Hall–Kier alpha value is -5.04. The average molecular weight is 877 g/mol. The van der Waals surface area contributed by atoms with Gasteiger partial charge in [-0.25, -0.2) is 18.7 Å². The van der Waals surface area contributed by atoms with Crippen molar-refractivity contribution < 1.29 is 38.2 Å². The highest BCUT2D eigenvalue weighted by atomic mass is 19.1. The van der Waals surface area contributed by atoms with E-state index < -0.39 is 60.1 Å². The van der Waals surface area contributed by atoms with Crippen LogP contribution in [0.3, 0.4) is 0 Å². The molecule has 6 N–H and O–H groups in total. The van der Waals surface area contributed by atoms with Crippen LogP contribution >= 0.6 is 0 Å². The Morgan fingerprint density at radius 2 is 1.16 bits per heavy atom. The summed E-state index contributed by atoms with van der Waals surface area (Å²) >= 11 is 0. The summed E-state index contributed by atoms with van der Waals surface area (Å²) in [6.07, 6.45) is 3.25. The maximum Gasteiger partial charge on any atom is 0.245 e. The van der Waals surface area contributed by atoms with E-state index in [2.05, 4.69) is 21.3 Å². The molecule has 1 saturated carbocycles. The smallest absolute Gasteiger partial charge is 0.245 e. The molecule has 16 nitrogen and oxygen atoms in total. The molecule has 4 amide bonds. The van der Waals surface area contributed by atoms with Crippen LogP contribution in [0.4, 0.5) is 8.78 Å². The first kappa shape index (κ1) is 46.0. The highest BCUT2D eigenvalue weighted by Gasteiger charge is 2.43. The fourth-order valence-electron chi connectivity index (χ4n) is 9.55. The number of halogens is 2. The zero-order chi connectivity index (χ0) is 45.3. The normalized spacial score (nSPS) is 22.8. The molecule has 7 rings (SSSR count). The number of aliphatic hydroxyl groups excluding tert-OH is 2. The predicted molar refractivity (Wildman–Crippen MR) is 233 cm³/mol. The van der Waals surface area contributed by atoms with Crippen LogP contribution in [-0.4, -0.2) is 138 Å². The van der Waals surface area contributed by atoms with E-state index in [-0.39, 0.29) is 86.1 Å². The first-order valence-electron chi connectivity index (χ1n) is 22.3. The van der Waals surface area contributed by atoms with Crippen molar-refractivity contribution in [2.45, 2.75) is 134 Å². The van der Waals surface area contributed by atoms with Gasteiger partial charge >= 0.3 is 0 Å². The Morgan fingerprint density at radius 3 is 1.62 bits per heavy atom. The summed E-state index contributed by atoms with van der Waals surface area (Å²) in [5.74, 6) is -2.08. The van der Waals surface area contributed by atoms with Crippen molar-refractivity contribution in [3.05, 3.63) is 48.0 Å². The molecule has 2 aromatic carbocycles. The highest BCUT2D eigenvalue weighted by molar-refractivity contribution is 5.91. The molecule has 63 heavy (non-hydrogen) atoms. The van der Waals surface area contributed by atoms with Crippen LogP contribution in [0.5, 0.6) is 0 Å². The second kappa shape index (κ2) is 19.4. The topological polar surface area (TPSA) is 199 Å². The monoisotopic (exact) mass is 876 g/mol. The molecule has 1 aliphatic carbocycles. The van der Waals surface area contributed by atoms with Crippen LogP contribution in [0.2, 0.25) is 0 Å². The van der Waals surface area contributed by atoms with Crippen molar-refractivity contribution in [1.82, 2.24) is 50.2 Å². The van der Waals surface area contributed by atoms with Crippen LogP contribution in [0, 0.1) is 23.5 Å². The molecular weight excluding hydrogens is 815 g/mol. The number of nitrogens with zero attached hydrogens (tertiary/aromatic N) is 6. The molecule has 2 saturated heterocycles. The van der Waals surface area contributed by atoms with Crippen molar-refractivity contribution in [3.8, 4) is 11.6 Å². The summed E-state index contributed by atoms with van der Waals surface area (Å²) in [5, 5.41) is 34.0. The molecule has 18 heteroatoms. The molecule has 2 aromatic heterocycles. The summed E-state index contributed by atoms with van der Waals surface area (Å²) in [6, 6.07) is 4.51. The van der Waals surface area contributed by atoms with Gasteiger partial charge in [0, 0.05) is 38.3 Å². The van der Waals surface area contributed by atoms with Gasteiger partial charge in [0.15, 0.2) is 11.6 Å². The summed E-state index contributed by atoms with van der Waals surface area (Å²) < 4.78 is 33.5. The van der Waals surface area contributed by atoms with E-state index in [0.717, 1.165) is 32.1 Å². The molecule has 0 bridgehead atoms. The number of β-amino-alcohol motifs (C(OH)–C–C–N with tert-alkyl or cyclic N) is 2. The first-order chi connectivity index (χ1) is 30.1. The zero-order valence-electron chi connectivity index (χ0n) is 37.0. The number of likely N-dealkylation sites (tertiary alicyclic amines) is 2. The van der Waals surface area contributed by atoms with Gasteiger partial charge in [-0.2, -0.15) is 0 Å². The Kier molecular flexibility index (Phi) is 14.1. The largest absolute Gasteiger partial charge is 0.391 e. The number of likely N-dealkylation sites (N-methyl/N-ethyl adjacent to an activating group) is 2. The number of aromatic nitrogens is 4. The second-order valence-electron chi connectivity index (χ2n) is 18.1. The third-order valence-corrected chi connectivity index (χ3v) is 13.3. The number of amides is 4. The van der Waals surface area contributed by atoms with Gasteiger partial charge in [-0.15, -0.1) is 0 Å². The first-order valence-corrected chi connectivity index (χ1v) is 22.3. The predicted octanol–water partition coefficient (Wildman–Crippen LogP) is 2.68. The summed E-state index contributed by atoms with van der Waals surface area (Å²) in [7, 11) is 3.34. The molecule has 8 atom stereocenters. The Labute approximate surface area is 366 Å². The Balaban J connectivity index is 1.27. The highest BCUT2D eigenvalue weighted by Crippen LogP contribution is 2.34. The number of hydrogen-bond acceptors (Lipinski definition) is 10. The quantitative estimate of drug-likeness (QED) is 0.103. The van der Waals surface area contributed by atoms with Crippen LogP contribution in [0.1, 0.15) is 72.6 Å². The third-order valence-electron chi connectivity index (χ3n) is 13.3. The number of fused-ring (bicyclic) bond motifs is 2. The minimum atomic E-state index is -0.876.